The third-order valence-electron chi connectivity index (χ3n) is 1.56. The first kappa shape index (κ1) is 8.43. The average Bonchev–Trinajstić information content (AvgIpc) is 2.28. The van der Waals surface area contributed by atoms with E-state index in [4.69, 9.17) is 0 Å². The number of fused-ring (bicyclic) bond motifs is 1. The van der Waals surface area contributed by atoms with Gasteiger partial charge in [-0.25, -0.2) is 4.39 Å². The van der Waals surface area contributed by atoms with Gasteiger partial charge in [0.25, 0.3) is 0 Å². The zero-order chi connectivity index (χ0) is 8.72. The average molecular weight is 341 g/mol. The molecule has 62 valence electrons. The van der Waals surface area contributed by atoms with Crippen LogP contribution in [-0.4, -0.2) is 8.81 Å². The Kier molecular flexibility index (Phi) is 2.07. The van der Waals surface area contributed by atoms with Crippen LogP contribution in [0.2, 0.25) is 0 Å². The molecule has 0 aliphatic heterocycles. The Hall–Kier alpha value is -0.170. The molecule has 0 radical (unpaired) electrons. The third kappa shape index (κ3) is 1.24. The van der Waals surface area contributed by atoms with Gasteiger partial charge in [-0.3, -0.25) is 0 Å². The van der Waals surface area contributed by atoms with Gasteiger partial charge in [0.05, 0.1) is 21.7 Å². The maximum Gasteiger partial charge on any atom is 0.132 e. The molecule has 0 fully saturated rings. The maximum absolute atomic E-state index is 12.8. The third-order valence-corrected chi connectivity index (χ3v) is 2.89. The predicted octanol–water partition coefficient (Wildman–Crippen LogP) is 2.94. The van der Waals surface area contributed by atoms with Gasteiger partial charge in [0, 0.05) is 5.39 Å². The van der Waals surface area contributed by atoms with Crippen LogP contribution in [0, 0.1) is 9.52 Å². The zero-order valence-corrected chi connectivity index (χ0v) is 9.50. The van der Waals surface area contributed by atoms with E-state index in [1.165, 1.54) is 12.1 Å². The summed E-state index contributed by atoms with van der Waals surface area (Å²) in [5.74, 6) is -0.235. The minimum absolute atomic E-state index is 0.235. The molecular weight excluding hydrogens is 338 g/mol. The van der Waals surface area contributed by atoms with Crippen LogP contribution >= 0.6 is 38.7 Å². The van der Waals surface area contributed by atoms with Crippen LogP contribution in [0.1, 0.15) is 0 Å². The van der Waals surface area contributed by atoms with Crippen LogP contribution in [0.15, 0.2) is 18.2 Å². The van der Waals surface area contributed by atoms with E-state index in [0.29, 0.717) is 0 Å². The van der Waals surface area contributed by atoms with E-state index in [-0.39, 0.29) is 5.82 Å². The monoisotopic (exact) mass is 340 g/mol. The molecule has 0 N–H and O–H groups in total. The lowest BCUT2D eigenvalue weighted by atomic mass is 10.2. The summed E-state index contributed by atoms with van der Waals surface area (Å²) in [6.45, 7) is 0. The molecule has 0 unspecified atom stereocenters. The van der Waals surface area contributed by atoms with Crippen LogP contribution in [0.25, 0.3) is 10.9 Å². The van der Waals surface area contributed by atoms with Crippen molar-refractivity contribution >= 4 is 49.6 Å². The van der Waals surface area contributed by atoms with Gasteiger partial charge in [0.2, 0.25) is 0 Å². The second kappa shape index (κ2) is 2.95. The van der Waals surface area contributed by atoms with Gasteiger partial charge < -0.3 is 0 Å². The number of nitrogens with zero attached hydrogens (tertiary/aromatic N) is 2. The van der Waals surface area contributed by atoms with E-state index in [0.717, 1.165) is 14.6 Å². The Morgan fingerprint density at radius 1 is 1.50 bits per heavy atom. The summed E-state index contributed by atoms with van der Waals surface area (Å²) in [6.07, 6.45) is 0. The molecule has 0 bridgehead atoms. The molecule has 2 aromatic rings. The minimum Gasteiger partial charge on any atom is -0.207 e. The van der Waals surface area contributed by atoms with E-state index < -0.39 is 0 Å². The highest BCUT2D eigenvalue weighted by Crippen LogP contribution is 2.22. The first-order chi connectivity index (χ1) is 5.68. The van der Waals surface area contributed by atoms with Gasteiger partial charge in [-0.15, -0.1) is 0 Å². The Bertz CT molecular complexity index is 440. The second-order valence-electron chi connectivity index (χ2n) is 2.31. The smallest absolute Gasteiger partial charge is 0.132 e. The molecule has 0 amide bonds. The fourth-order valence-corrected chi connectivity index (χ4v) is 2.43. The highest BCUT2D eigenvalue weighted by Gasteiger charge is 2.06. The van der Waals surface area contributed by atoms with Crippen molar-refractivity contribution in [1.29, 1.82) is 0 Å². The summed E-state index contributed by atoms with van der Waals surface area (Å²) in [6, 6.07) is 4.58. The molecule has 0 aliphatic rings. The molecule has 5 heteroatoms. The Morgan fingerprint density at radius 3 is 3.00 bits per heavy atom. The molecule has 0 saturated heterocycles. The lowest BCUT2D eigenvalue weighted by Gasteiger charge is -1.90. The summed E-state index contributed by atoms with van der Waals surface area (Å²) in [7, 11) is 0. The standard InChI is InChI=1S/C7H3BrFIN2/c8-12-6-2-1-4(9)3-5(6)7(10)11-12/h1-3H. The molecular formula is C7H3BrFIN2. The highest BCUT2D eigenvalue weighted by molar-refractivity contribution is 14.1. The summed E-state index contributed by atoms with van der Waals surface area (Å²) >= 11 is 5.29. The van der Waals surface area contributed by atoms with Gasteiger partial charge >= 0.3 is 0 Å². The Balaban J connectivity index is 2.90. The Morgan fingerprint density at radius 2 is 2.25 bits per heavy atom. The van der Waals surface area contributed by atoms with Crippen molar-refractivity contribution in [2.24, 2.45) is 0 Å². The molecule has 12 heavy (non-hydrogen) atoms. The predicted molar refractivity (Wildman–Crippen MR) is 56.7 cm³/mol. The van der Waals surface area contributed by atoms with Gasteiger partial charge in [-0.1, -0.05) is 0 Å². The molecule has 2 rings (SSSR count). The number of halogens is 3. The van der Waals surface area contributed by atoms with Crippen LogP contribution in [0.4, 0.5) is 4.39 Å². The fraction of sp³-hybridized carbons (Fsp3) is 0. The van der Waals surface area contributed by atoms with E-state index >= 15 is 0 Å². The van der Waals surface area contributed by atoms with Crippen molar-refractivity contribution in [2.75, 3.05) is 0 Å². The number of hydrogen-bond acceptors (Lipinski definition) is 1. The minimum atomic E-state index is -0.235. The van der Waals surface area contributed by atoms with E-state index in [9.17, 15) is 4.39 Å². The lowest BCUT2D eigenvalue weighted by Crippen LogP contribution is -1.79. The van der Waals surface area contributed by atoms with Crippen molar-refractivity contribution in [3.63, 3.8) is 0 Å². The maximum atomic E-state index is 12.8. The topological polar surface area (TPSA) is 17.8 Å². The number of benzene rings is 1. The summed E-state index contributed by atoms with van der Waals surface area (Å²) < 4.78 is 15.1. The molecule has 2 nitrogen and oxygen atoms in total. The molecule has 0 aliphatic carbocycles. The van der Waals surface area contributed by atoms with Gasteiger partial charge in [0.15, 0.2) is 0 Å². The molecule has 1 aromatic heterocycles. The summed E-state index contributed by atoms with van der Waals surface area (Å²) in [5, 5.41) is 4.91. The van der Waals surface area contributed by atoms with Crippen molar-refractivity contribution in [1.82, 2.24) is 8.81 Å². The molecule has 0 spiro atoms. The Labute approximate surface area is 90.2 Å². The molecule has 0 atom stereocenters. The van der Waals surface area contributed by atoms with E-state index in [1.807, 2.05) is 0 Å². The SMILES string of the molecule is Fc1ccc2c(c1)c(I)nn2Br. The number of aromatic nitrogens is 2. The molecule has 1 aromatic carbocycles. The number of hydrogen-bond donors (Lipinski definition) is 0. The summed E-state index contributed by atoms with van der Waals surface area (Å²) in [5.41, 5.74) is 0.876. The van der Waals surface area contributed by atoms with Gasteiger partial charge in [-0.05, 0) is 40.8 Å². The largest absolute Gasteiger partial charge is 0.207 e. The molecule has 1 heterocycles. The molecule has 0 saturated carbocycles. The van der Waals surface area contributed by atoms with Gasteiger partial charge in [-0.2, -0.15) is 8.81 Å². The first-order valence-electron chi connectivity index (χ1n) is 3.18. The van der Waals surface area contributed by atoms with E-state index in [1.54, 1.807) is 9.77 Å². The van der Waals surface area contributed by atoms with Crippen molar-refractivity contribution < 1.29 is 4.39 Å². The zero-order valence-electron chi connectivity index (χ0n) is 5.76. The lowest BCUT2D eigenvalue weighted by molar-refractivity contribution is 0.629. The van der Waals surface area contributed by atoms with Crippen molar-refractivity contribution in [3.8, 4) is 0 Å². The first-order valence-corrected chi connectivity index (χ1v) is 4.97. The van der Waals surface area contributed by atoms with Crippen LogP contribution in [0.5, 0.6) is 0 Å². The van der Waals surface area contributed by atoms with Crippen molar-refractivity contribution in [2.45, 2.75) is 0 Å². The normalized spacial score (nSPS) is 10.9. The second-order valence-corrected chi connectivity index (χ2v) is 4.01. The van der Waals surface area contributed by atoms with Gasteiger partial charge in [0.1, 0.15) is 9.52 Å². The number of rotatable bonds is 0. The summed E-state index contributed by atoms with van der Waals surface area (Å²) in [4.78, 5) is 0. The van der Waals surface area contributed by atoms with Crippen molar-refractivity contribution in [3.05, 3.63) is 27.7 Å². The van der Waals surface area contributed by atoms with E-state index in [2.05, 4.69) is 43.8 Å². The van der Waals surface area contributed by atoms with Crippen LogP contribution in [0.3, 0.4) is 0 Å². The fourth-order valence-electron chi connectivity index (χ4n) is 1.02. The van der Waals surface area contributed by atoms with Crippen LogP contribution < -0.4 is 0 Å². The quantitative estimate of drug-likeness (QED) is 0.674. The highest BCUT2D eigenvalue weighted by atomic mass is 127. The van der Waals surface area contributed by atoms with Crippen LogP contribution in [-0.2, 0) is 0 Å².